The summed E-state index contributed by atoms with van der Waals surface area (Å²) in [4.78, 5) is 11.4. The van der Waals surface area contributed by atoms with E-state index in [0.717, 1.165) is 19.3 Å². The first kappa shape index (κ1) is 27.0. The van der Waals surface area contributed by atoms with Gasteiger partial charge in [-0.1, -0.05) is 74.3 Å². The second kappa shape index (κ2) is 11.9. The molecule has 188 valence electrons. The highest BCUT2D eigenvalue weighted by Gasteiger charge is 2.22. The van der Waals surface area contributed by atoms with Gasteiger partial charge < -0.3 is 5.73 Å². The van der Waals surface area contributed by atoms with Crippen LogP contribution in [-0.2, 0) is 14.8 Å². The summed E-state index contributed by atoms with van der Waals surface area (Å²) in [6.45, 7) is 6.44. The molecule has 0 fully saturated rings. The van der Waals surface area contributed by atoms with E-state index in [1.807, 2.05) is 4.57 Å². The van der Waals surface area contributed by atoms with Gasteiger partial charge in [-0.15, -0.1) is 10.2 Å². The standard InChI is InChI=1S/C24H30ClN5O3S2/c1-16(2)8-6-9-17(3)30-23(27-28-24(30)34-15-22(26)31)18-10-7-11-19(14-18)35(32,33)29-21-13-5-4-12-20(21)25/h4-5,7,10-14,16-17,29H,6,8-9,15H2,1-3H3,(H2,26,31)/t17-/m0/s1. The van der Waals surface area contributed by atoms with Crippen LogP contribution >= 0.6 is 23.4 Å². The first-order chi connectivity index (χ1) is 16.6. The number of amides is 1. The van der Waals surface area contributed by atoms with Crippen molar-refractivity contribution < 1.29 is 13.2 Å². The maximum Gasteiger partial charge on any atom is 0.261 e. The summed E-state index contributed by atoms with van der Waals surface area (Å²) in [5.41, 5.74) is 6.24. The predicted octanol–water partition coefficient (Wildman–Crippen LogP) is 5.36. The molecule has 8 nitrogen and oxygen atoms in total. The first-order valence-electron chi connectivity index (χ1n) is 11.3. The number of nitrogens with one attached hydrogen (secondary N) is 1. The van der Waals surface area contributed by atoms with Crippen molar-refractivity contribution in [3.63, 3.8) is 0 Å². The second-order valence-electron chi connectivity index (χ2n) is 8.72. The molecule has 3 N–H and O–H groups in total. The lowest BCUT2D eigenvalue weighted by Gasteiger charge is -2.19. The number of rotatable bonds is 12. The molecule has 0 saturated carbocycles. The second-order valence-corrected chi connectivity index (χ2v) is 11.8. The normalized spacial score (nSPS) is 12.6. The number of thioether (sulfide) groups is 1. The molecule has 1 heterocycles. The van der Waals surface area contributed by atoms with Crippen molar-refractivity contribution in [2.24, 2.45) is 11.7 Å². The minimum atomic E-state index is -3.90. The highest BCUT2D eigenvalue weighted by Crippen LogP contribution is 2.32. The first-order valence-corrected chi connectivity index (χ1v) is 14.2. The van der Waals surface area contributed by atoms with Crippen LogP contribution < -0.4 is 10.5 Å². The summed E-state index contributed by atoms with van der Waals surface area (Å²) < 4.78 is 30.6. The molecule has 0 aliphatic rings. The zero-order valence-corrected chi connectivity index (χ0v) is 22.3. The summed E-state index contributed by atoms with van der Waals surface area (Å²) in [5.74, 6) is 0.757. The molecule has 0 spiro atoms. The number of carbonyl (C=O) groups is 1. The van der Waals surface area contributed by atoms with Crippen molar-refractivity contribution >= 4 is 45.0 Å². The number of carbonyl (C=O) groups excluding carboxylic acids is 1. The molecule has 0 radical (unpaired) electrons. The fraction of sp³-hybridized carbons (Fsp3) is 0.375. The lowest BCUT2D eigenvalue weighted by atomic mass is 10.0. The zero-order chi connectivity index (χ0) is 25.6. The lowest BCUT2D eigenvalue weighted by Crippen LogP contribution is -2.15. The number of sulfonamides is 1. The Kier molecular flexibility index (Phi) is 9.21. The highest BCUT2D eigenvalue weighted by atomic mass is 35.5. The highest BCUT2D eigenvalue weighted by molar-refractivity contribution is 7.99. The topological polar surface area (TPSA) is 120 Å². The van der Waals surface area contributed by atoms with Gasteiger partial charge >= 0.3 is 0 Å². The van der Waals surface area contributed by atoms with Crippen LogP contribution in [0.2, 0.25) is 5.02 Å². The molecule has 0 saturated heterocycles. The molecule has 2 aromatic carbocycles. The van der Waals surface area contributed by atoms with Crippen molar-refractivity contribution in [3.05, 3.63) is 53.6 Å². The molecule has 0 unspecified atom stereocenters. The van der Waals surface area contributed by atoms with Gasteiger partial charge in [-0.3, -0.25) is 14.1 Å². The average molecular weight is 536 g/mol. The van der Waals surface area contributed by atoms with Gasteiger partial charge in [0, 0.05) is 11.6 Å². The number of nitrogens with two attached hydrogens (primary N) is 1. The van der Waals surface area contributed by atoms with Crippen LogP contribution in [0.25, 0.3) is 11.4 Å². The van der Waals surface area contributed by atoms with Gasteiger partial charge in [-0.05, 0) is 43.5 Å². The molecule has 1 aromatic heterocycles. The van der Waals surface area contributed by atoms with Gasteiger partial charge in [0.2, 0.25) is 5.91 Å². The molecule has 3 rings (SSSR count). The number of primary amides is 1. The number of hydrogen-bond donors (Lipinski definition) is 2. The van der Waals surface area contributed by atoms with Crippen LogP contribution in [0.15, 0.2) is 58.6 Å². The minimum Gasteiger partial charge on any atom is -0.369 e. The number of halogens is 1. The number of para-hydroxylation sites is 1. The van der Waals surface area contributed by atoms with E-state index in [1.165, 1.54) is 17.8 Å². The fourth-order valence-electron chi connectivity index (χ4n) is 3.61. The number of benzene rings is 2. The van der Waals surface area contributed by atoms with E-state index >= 15 is 0 Å². The molecule has 0 aliphatic heterocycles. The minimum absolute atomic E-state index is 0.0376. The van der Waals surface area contributed by atoms with Gasteiger partial charge in [-0.2, -0.15) is 0 Å². The molecule has 1 amide bonds. The van der Waals surface area contributed by atoms with Gasteiger partial charge in [0.05, 0.1) is 21.4 Å². The summed E-state index contributed by atoms with van der Waals surface area (Å²) in [6, 6.07) is 13.2. The lowest BCUT2D eigenvalue weighted by molar-refractivity contribution is -0.115. The third-order valence-corrected chi connectivity index (χ3v) is 8.03. The average Bonchev–Trinajstić information content (AvgIpc) is 3.23. The van der Waals surface area contributed by atoms with Crippen LogP contribution in [0.1, 0.15) is 46.1 Å². The van der Waals surface area contributed by atoms with E-state index in [-0.39, 0.29) is 16.7 Å². The molecule has 35 heavy (non-hydrogen) atoms. The van der Waals surface area contributed by atoms with Crippen molar-refractivity contribution in [2.75, 3.05) is 10.5 Å². The van der Waals surface area contributed by atoms with Crippen LogP contribution in [0, 0.1) is 5.92 Å². The predicted molar refractivity (Wildman–Crippen MR) is 141 cm³/mol. The third-order valence-electron chi connectivity index (χ3n) is 5.37. The van der Waals surface area contributed by atoms with E-state index in [1.54, 1.807) is 42.5 Å². The largest absolute Gasteiger partial charge is 0.369 e. The Balaban J connectivity index is 1.96. The Hall–Kier alpha value is -2.56. The summed E-state index contributed by atoms with van der Waals surface area (Å²) in [6.07, 6.45) is 3.00. The van der Waals surface area contributed by atoms with Crippen LogP contribution in [0.4, 0.5) is 5.69 Å². The van der Waals surface area contributed by atoms with E-state index in [0.29, 0.717) is 33.2 Å². The zero-order valence-electron chi connectivity index (χ0n) is 19.9. The number of anilines is 1. The van der Waals surface area contributed by atoms with Crippen molar-refractivity contribution in [3.8, 4) is 11.4 Å². The maximum absolute atomic E-state index is 13.1. The smallest absolute Gasteiger partial charge is 0.261 e. The maximum atomic E-state index is 13.1. The van der Waals surface area contributed by atoms with Crippen LogP contribution in [-0.4, -0.2) is 34.8 Å². The van der Waals surface area contributed by atoms with Gasteiger partial charge in [0.15, 0.2) is 11.0 Å². The molecule has 11 heteroatoms. The Morgan fingerprint density at radius 1 is 1.11 bits per heavy atom. The van der Waals surface area contributed by atoms with E-state index < -0.39 is 15.9 Å². The third kappa shape index (κ3) is 7.22. The van der Waals surface area contributed by atoms with E-state index in [9.17, 15) is 13.2 Å². The van der Waals surface area contributed by atoms with E-state index in [2.05, 4.69) is 35.7 Å². The molecular formula is C24H30ClN5O3S2. The SMILES string of the molecule is CC(C)CCC[C@H](C)n1c(SCC(N)=O)nnc1-c1cccc(S(=O)(=O)Nc2ccccc2Cl)c1. The van der Waals surface area contributed by atoms with Gasteiger partial charge in [0.1, 0.15) is 0 Å². The number of hydrogen-bond acceptors (Lipinski definition) is 6. The Bertz CT molecular complexity index is 1280. The Morgan fingerprint density at radius 3 is 2.54 bits per heavy atom. The summed E-state index contributed by atoms with van der Waals surface area (Å²) in [5, 5.41) is 9.51. The molecular weight excluding hydrogens is 506 g/mol. The molecule has 0 bridgehead atoms. The molecule has 1 atom stereocenters. The summed E-state index contributed by atoms with van der Waals surface area (Å²) in [7, 11) is -3.90. The van der Waals surface area contributed by atoms with Gasteiger partial charge in [-0.25, -0.2) is 8.42 Å². The summed E-state index contributed by atoms with van der Waals surface area (Å²) >= 11 is 7.35. The molecule has 0 aliphatic carbocycles. The number of nitrogens with zero attached hydrogens (tertiary/aromatic N) is 3. The number of aromatic nitrogens is 3. The van der Waals surface area contributed by atoms with Gasteiger partial charge in [0.25, 0.3) is 10.0 Å². The molecule has 3 aromatic rings. The Labute approximate surface area is 215 Å². The van der Waals surface area contributed by atoms with Crippen molar-refractivity contribution in [1.82, 2.24) is 14.8 Å². The van der Waals surface area contributed by atoms with Crippen LogP contribution in [0.5, 0.6) is 0 Å². The Morgan fingerprint density at radius 2 is 1.86 bits per heavy atom. The van der Waals surface area contributed by atoms with Crippen molar-refractivity contribution in [2.45, 2.75) is 56.1 Å². The van der Waals surface area contributed by atoms with Crippen LogP contribution in [0.3, 0.4) is 0 Å². The quantitative estimate of drug-likeness (QED) is 0.301. The fourth-order valence-corrected chi connectivity index (χ4v) is 5.75. The monoisotopic (exact) mass is 535 g/mol. The van der Waals surface area contributed by atoms with E-state index in [4.69, 9.17) is 17.3 Å². The van der Waals surface area contributed by atoms with Crippen molar-refractivity contribution in [1.29, 1.82) is 0 Å².